The molecule has 2 aromatic rings. The standard InChI is InChI=1S/C23H25N3O2/c27-21(16-25-15-7-9-17-8-1-3-11-19(17)25)26-20-12-4-2-10-18(20)24-22(28)23(26)13-5-6-14-23/h1-4,8,10-12H,5-7,9,13-16H2,(H,24,28). The van der Waals surface area contributed by atoms with E-state index in [4.69, 9.17) is 0 Å². The Morgan fingerprint density at radius 3 is 2.50 bits per heavy atom. The third-order valence-electron chi connectivity index (χ3n) is 6.46. The number of anilines is 3. The van der Waals surface area contributed by atoms with Crippen molar-refractivity contribution < 1.29 is 9.59 Å². The van der Waals surface area contributed by atoms with E-state index >= 15 is 0 Å². The van der Waals surface area contributed by atoms with Crippen LogP contribution in [0.2, 0.25) is 0 Å². The molecule has 5 heteroatoms. The van der Waals surface area contributed by atoms with Gasteiger partial charge in [0.1, 0.15) is 5.54 Å². The predicted molar refractivity (Wildman–Crippen MR) is 111 cm³/mol. The molecule has 1 aliphatic carbocycles. The number of nitrogens with one attached hydrogen (secondary N) is 1. The first-order valence-electron chi connectivity index (χ1n) is 10.3. The summed E-state index contributed by atoms with van der Waals surface area (Å²) in [6.07, 6.45) is 5.52. The molecule has 2 heterocycles. The number of benzene rings is 2. The Morgan fingerprint density at radius 2 is 1.68 bits per heavy atom. The first-order valence-corrected chi connectivity index (χ1v) is 10.3. The molecule has 2 aromatic carbocycles. The van der Waals surface area contributed by atoms with Crippen LogP contribution in [0, 0.1) is 0 Å². The number of amides is 2. The average molecular weight is 375 g/mol. The summed E-state index contributed by atoms with van der Waals surface area (Å²) in [6.45, 7) is 1.18. The number of aryl methyl sites for hydroxylation is 1. The van der Waals surface area contributed by atoms with Crippen LogP contribution in [0.25, 0.3) is 0 Å². The van der Waals surface area contributed by atoms with Gasteiger partial charge in [-0.2, -0.15) is 0 Å². The van der Waals surface area contributed by atoms with E-state index in [0.29, 0.717) is 6.54 Å². The van der Waals surface area contributed by atoms with Crippen molar-refractivity contribution in [3.8, 4) is 0 Å². The molecule has 1 fully saturated rings. The summed E-state index contributed by atoms with van der Waals surface area (Å²) >= 11 is 0. The van der Waals surface area contributed by atoms with Gasteiger partial charge < -0.3 is 10.2 Å². The molecular weight excluding hydrogens is 350 g/mol. The highest BCUT2D eigenvalue weighted by atomic mass is 16.2. The van der Waals surface area contributed by atoms with Gasteiger partial charge in [-0.15, -0.1) is 0 Å². The highest BCUT2D eigenvalue weighted by molar-refractivity contribution is 6.15. The summed E-state index contributed by atoms with van der Waals surface area (Å²) in [7, 11) is 0. The van der Waals surface area contributed by atoms with Crippen LogP contribution in [0.4, 0.5) is 17.1 Å². The Bertz CT molecular complexity index is 933. The van der Waals surface area contributed by atoms with Crippen LogP contribution < -0.4 is 15.1 Å². The lowest BCUT2D eigenvalue weighted by Gasteiger charge is -2.45. The van der Waals surface area contributed by atoms with Gasteiger partial charge in [0.2, 0.25) is 5.91 Å². The highest BCUT2D eigenvalue weighted by Crippen LogP contribution is 2.45. The first-order chi connectivity index (χ1) is 13.7. The third kappa shape index (κ3) is 2.60. The molecule has 0 radical (unpaired) electrons. The number of hydrogen-bond acceptors (Lipinski definition) is 3. The molecule has 5 rings (SSSR count). The van der Waals surface area contributed by atoms with Gasteiger partial charge in [-0.3, -0.25) is 14.5 Å². The topological polar surface area (TPSA) is 52.7 Å². The fourth-order valence-electron chi connectivity index (χ4n) is 5.14. The largest absolute Gasteiger partial charge is 0.362 e. The van der Waals surface area contributed by atoms with Crippen LogP contribution >= 0.6 is 0 Å². The maximum Gasteiger partial charge on any atom is 0.250 e. The number of fused-ring (bicyclic) bond motifs is 2. The number of rotatable bonds is 2. The molecule has 1 saturated carbocycles. The molecule has 1 N–H and O–H groups in total. The van der Waals surface area contributed by atoms with Crippen LogP contribution in [-0.4, -0.2) is 30.4 Å². The zero-order valence-electron chi connectivity index (χ0n) is 16.0. The summed E-state index contributed by atoms with van der Waals surface area (Å²) in [5.74, 6) is -0.0167. The quantitative estimate of drug-likeness (QED) is 0.870. The fourth-order valence-corrected chi connectivity index (χ4v) is 5.14. The molecule has 2 aliphatic heterocycles. The lowest BCUT2D eigenvalue weighted by Crippen LogP contribution is -2.62. The van der Waals surface area contributed by atoms with Gasteiger partial charge in [-0.1, -0.05) is 43.2 Å². The predicted octanol–water partition coefficient (Wildman–Crippen LogP) is 3.74. The molecule has 0 unspecified atom stereocenters. The van der Waals surface area contributed by atoms with Crippen LogP contribution in [0.5, 0.6) is 0 Å². The van der Waals surface area contributed by atoms with Crippen molar-refractivity contribution in [3.63, 3.8) is 0 Å². The zero-order valence-corrected chi connectivity index (χ0v) is 16.0. The summed E-state index contributed by atoms with van der Waals surface area (Å²) in [5.41, 5.74) is 3.28. The zero-order chi connectivity index (χ0) is 19.1. The monoisotopic (exact) mass is 375 g/mol. The van der Waals surface area contributed by atoms with E-state index in [-0.39, 0.29) is 11.8 Å². The maximum atomic E-state index is 13.6. The molecule has 3 aliphatic rings. The van der Waals surface area contributed by atoms with Crippen molar-refractivity contribution in [1.82, 2.24) is 0 Å². The number of carbonyl (C=O) groups is 2. The molecule has 28 heavy (non-hydrogen) atoms. The lowest BCUT2D eigenvalue weighted by molar-refractivity contribution is -0.126. The van der Waals surface area contributed by atoms with Gasteiger partial charge in [0.25, 0.3) is 5.91 Å². The second-order valence-corrected chi connectivity index (χ2v) is 8.09. The minimum atomic E-state index is -0.735. The fraction of sp³-hybridized carbons (Fsp3) is 0.391. The van der Waals surface area contributed by atoms with E-state index in [1.807, 2.05) is 35.2 Å². The van der Waals surface area contributed by atoms with Crippen molar-refractivity contribution in [3.05, 3.63) is 54.1 Å². The number of carbonyl (C=O) groups excluding carboxylic acids is 2. The molecule has 0 bridgehead atoms. The van der Waals surface area contributed by atoms with Crippen molar-refractivity contribution in [2.24, 2.45) is 0 Å². The highest BCUT2D eigenvalue weighted by Gasteiger charge is 2.52. The van der Waals surface area contributed by atoms with Crippen molar-refractivity contribution in [2.45, 2.75) is 44.1 Å². The van der Waals surface area contributed by atoms with Crippen molar-refractivity contribution in [2.75, 3.05) is 28.2 Å². The Kier molecular flexibility index (Phi) is 4.11. The molecular formula is C23H25N3O2. The van der Waals surface area contributed by atoms with Crippen LogP contribution in [0.1, 0.15) is 37.7 Å². The summed E-state index contributed by atoms with van der Waals surface area (Å²) in [5, 5.41) is 3.05. The van der Waals surface area contributed by atoms with Gasteiger partial charge in [0, 0.05) is 12.2 Å². The molecule has 0 atom stereocenters. The number of hydrogen-bond donors (Lipinski definition) is 1. The Balaban J connectivity index is 1.52. The number of nitrogens with zero attached hydrogens (tertiary/aromatic N) is 2. The SMILES string of the molecule is O=C(CN1CCCc2ccccc21)N1c2ccccc2NC(=O)C12CCCC2. The minimum absolute atomic E-state index is 0.0147. The lowest BCUT2D eigenvalue weighted by atomic mass is 9.89. The average Bonchev–Trinajstić information content (AvgIpc) is 3.19. The van der Waals surface area contributed by atoms with Crippen LogP contribution in [0.15, 0.2) is 48.5 Å². The molecule has 0 saturated heterocycles. The normalized spacial score (nSPS) is 19.9. The maximum absolute atomic E-state index is 13.6. The van der Waals surface area contributed by atoms with E-state index in [9.17, 15) is 9.59 Å². The Hall–Kier alpha value is -2.82. The summed E-state index contributed by atoms with van der Waals surface area (Å²) < 4.78 is 0. The van der Waals surface area contributed by atoms with E-state index < -0.39 is 5.54 Å². The second kappa shape index (κ2) is 6.66. The smallest absolute Gasteiger partial charge is 0.250 e. The van der Waals surface area contributed by atoms with E-state index in [1.54, 1.807) is 0 Å². The van der Waals surface area contributed by atoms with Gasteiger partial charge in [0.05, 0.1) is 17.9 Å². The summed E-state index contributed by atoms with van der Waals surface area (Å²) in [6, 6.07) is 16.0. The third-order valence-corrected chi connectivity index (χ3v) is 6.46. The number of para-hydroxylation sites is 3. The first kappa shape index (κ1) is 17.3. The van der Waals surface area contributed by atoms with Crippen molar-refractivity contribution >= 4 is 28.9 Å². The van der Waals surface area contributed by atoms with Crippen LogP contribution in [0.3, 0.4) is 0 Å². The van der Waals surface area contributed by atoms with Gasteiger partial charge in [0.15, 0.2) is 0 Å². The molecule has 5 nitrogen and oxygen atoms in total. The minimum Gasteiger partial charge on any atom is -0.362 e. The summed E-state index contributed by atoms with van der Waals surface area (Å²) in [4.78, 5) is 30.7. The van der Waals surface area contributed by atoms with Crippen LogP contribution in [-0.2, 0) is 16.0 Å². The molecule has 0 aromatic heterocycles. The van der Waals surface area contributed by atoms with E-state index in [1.165, 1.54) is 5.56 Å². The van der Waals surface area contributed by atoms with Gasteiger partial charge in [-0.25, -0.2) is 0 Å². The van der Waals surface area contributed by atoms with E-state index in [0.717, 1.165) is 62.1 Å². The Morgan fingerprint density at radius 1 is 0.964 bits per heavy atom. The van der Waals surface area contributed by atoms with Gasteiger partial charge >= 0.3 is 0 Å². The molecule has 144 valence electrons. The second-order valence-electron chi connectivity index (χ2n) is 8.09. The van der Waals surface area contributed by atoms with Crippen molar-refractivity contribution in [1.29, 1.82) is 0 Å². The molecule has 2 amide bonds. The van der Waals surface area contributed by atoms with E-state index in [2.05, 4.69) is 28.4 Å². The Labute approximate surface area is 165 Å². The molecule has 1 spiro atoms. The van der Waals surface area contributed by atoms with Gasteiger partial charge in [-0.05, 0) is 49.4 Å².